The monoisotopic (exact) mass is 479 g/mol. The summed E-state index contributed by atoms with van der Waals surface area (Å²) in [4.78, 5) is 11.5. The average molecular weight is 480 g/mol. The van der Waals surface area contributed by atoms with Gasteiger partial charge < -0.3 is 4.90 Å². The molecule has 0 amide bonds. The van der Waals surface area contributed by atoms with E-state index >= 15 is 0 Å². The zero-order valence-corrected chi connectivity index (χ0v) is 20.2. The van der Waals surface area contributed by atoms with Crippen LogP contribution in [0.5, 0.6) is 0 Å². The van der Waals surface area contributed by atoms with Gasteiger partial charge in [0.05, 0.1) is 5.52 Å². The van der Waals surface area contributed by atoms with E-state index in [0.717, 1.165) is 16.3 Å². The number of sulfonamides is 1. The van der Waals surface area contributed by atoms with E-state index in [0.29, 0.717) is 31.6 Å². The predicted octanol–water partition coefficient (Wildman–Crippen LogP) is 3.88. The summed E-state index contributed by atoms with van der Waals surface area (Å²) in [6, 6.07) is 17.2. The molecule has 33 heavy (non-hydrogen) atoms. The standard InChI is InChI=1S/C24H25N5O2S2/c1-17-8-10-19(11-9-17)15-22-26-24(32-27-22)28-13-14-29(18(2)16-28)33(30,31)21-7-3-5-20-6-4-12-25-23(20)21/h3-12,18H,13-16H2,1-2H3. The van der Waals surface area contributed by atoms with Gasteiger partial charge in [0, 0.05) is 55.2 Å². The third-order valence-electron chi connectivity index (χ3n) is 5.96. The molecule has 2 aromatic carbocycles. The van der Waals surface area contributed by atoms with Crippen molar-refractivity contribution in [2.45, 2.75) is 31.2 Å². The van der Waals surface area contributed by atoms with Crippen LogP contribution in [0.25, 0.3) is 10.9 Å². The molecule has 0 bridgehead atoms. The van der Waals surface area contributed by atoms with E-state index in [1.54, 1.807) is 22.6 Å². The van der Waals surface area contributed by atoms with Crippen LogP contribution in [0.2, 0.25) is 0 Å². The average Bonchev–Trinajstić information content (AvgIpc) is 3.28. The van der Waals surface area contributed by atoms with Crippen LogP contribution in [-0.2, 0) is 16.4 Å². The van der Waals surface area contributed by atoms with Gasteiger partial charge in [-0.15, -0.1) is 0 Å². The van der Waals surface area contributed by atoms with E-state index in [-0.39, 0.29) is 10.9 Å². The smallest absolute Gasteiger partial charge is 0.245 e. The lowest BCUT2D eigenvalue weighted by molar-refractivity contribution is 0.307. The highest BCUT2D eigenvalue weighted by atomic mass is 32.2. The Labute approximate surface area is 197 Å². The molecule has 1 fully saturated rings. The fourth-order valence-electron chi connectivity index (χ4n) is 4.22. The number of aromatic nitrogens is 3. The van der Waals surface area contributed by atoms with Gasteiger partial charge in [0.25, 0.3) is 0 Å². The number of piperazine rings is 1. The number of para-hydroxylation sites is 1. The Balaban J connectivity index is 1.32. The van der Waals surface area contributed by atoms with Crippen LogP contribution in [0.15, 0.2) is 65.7 Å². The molecule has 0 saturated carbocycles. The summed E-state index contributed by atoms with van der Waals surface area (Å²) in [5.74, 6) is 0.795. The first-order valence-electron chi connectivity index (χ1n) is 10.9. The summed E-state index contributed by atoms with van der Waals surface area (Å²) in [5, 5.41) is 1.66. The van der Waals surface area contributed by atoms with Crippen molar-refractivity contribution in [3.8, 4) is 0 Å². The highest BCUT2D eigenvalue weighted by molar-refractivity contribution is 7.89. The number of aryl methyl sites for hydroxylation is 1. The van der Waals surface area contributed by atoms with Gasteiger partial charge in [0.1, 0.15) is 10.7 Å². The summed E-state index contributed by atoms with van der Waals surface area (Å²) in [6.07, 6.45) is 2.32. The lowest BCUT2D eigenvalue weighted by Gasteiger charge is -2.38. The normalized spacial score (nSPS) is 17.5. The zero-order valence-electron chi connectivity index (χ0n) is 18.5. The summed E-state index contributed by atoms with van der Waals surface area (Å²) in [7, 11) is -3.67. The maximum atomic E-state index is 13.5. The summed E-state index contributed by atoms with van der Waals surface area (Å²) < 4.78 is 33.2. The van der Waals surface area contributed by atoms with E-state index in [4.69, 9.17) is 4.98 Å². The van der Waals surface area contributed by atoms with Gasteiger partial charge in [-0.3, -0.25) is 4.98 Å². The predicted molar refractivity (Wildman–Crippen MR) is 131 cm³/mol. The Morgan fingerprint density at radius 3 is 2.64 bits per heavy atom. The number of pyridine rings is 1. The molecule has 7 nitrogen and oxygen atoms in total. The molecule has 1 unspecified atom stereocenters. The van der Waals surface area contributed by atoms with Crippen molar-refractivity contribution in [2.75, 3.05) is 24.5 Å². The van der Waals surface area contributed by atoms with E-state index < -0.39 is 10.0 Å². The van der Waals surface area contributed by atoms with E-state index in [9.17, 15) is 8.42 Å². The number of nitrogens with zero attached hydrogens (tertiary/aromatic N) is 5. The minimum absolute atomic E-state index is 0.202. The minimum atomic E-state index is -3.67. The minimum Gasteiger partial charge on any atom is -0.344 e. The van der Waals surface area contributed by atoms with Crippen LogP contribution in [-0.4, -0.2) is 52.7 Å². The van der Waals surface area contributed by atoms with E-state index in [1.165, 1.54) is 22.7 Å². The summed E-state index contributed by atoms with van der Waals surface area (Å²) >= 11 is 1.37. The Morgan fingerprint density at radius 1 is 1.06 bits per heavy atom. The topological polar surface area (TPSA) is 79.3 Å². The maximum absolute atomic E-state index is 13.5. The number of anilines is 1. The van der Waals surface area contributed by atoms with Crippen molar-refractivity contribution in [1.29, 1.82) is 0 Å². The Kier molecular flexibility index (Phi) is 5.86. The molecule has 0 aliphatic carbocycles. The molecule has 0 radical (unpaired) electrons. The lowest BCUT2D eigenvalue weighted by Crippen LogP contribution is -2.54. The van der Waals surface area contributed by atoms with Crippen molar-refractivity contribution in [3.05, 3.63) is 77.7 Å². The number of hydrogen-bond donors (Lipinski definition) is 0. The number of rotatable bonds is 5. The van der Waals surface area contributed by atoms with Gasteiger partial charge in [-0.25, -0.2) is 13.4 Å². The van der Waals surface area contributed by atoms with Gasteiger partial charge in [-0.2, -0.15) is 8.68 Å². The van der Waals surface area contributed by atoms with Gasteiger partial charge in [-0.1, -0.05) is 48.0 Å². The fourth-order valence-corrected chi connectivity index (χ4v) is 6.72. The Morgan fingerprint density at radius 2 is 1.85 bits per heavy atom. The molecule has 2 aromatic heterocycles. The molecule has 1 aliphatic rings. The molecular formula is C24H25N5O2S2. The van der Waals surface area contributed by atoms with E-state index in [2.05, 4.69) is 45.4 Å². The SMILES string of the molecule is Cc1ccc(Cc2nsc(N3CCN(S(=O)(=O)c4cccc5cccnc45)C(C)C3)n2)cc1. The second kappa shape index (κ2) is 8.81. The first-order chi connectivity index (χ1) is 15.9. The van der Waals surface area contributed by atoms with Gasteiger partial charge in [0.2, 0.25) is 15.2 Å². The van der Waals surface area contributed by atoms with Crippen LogP contribution in [0, 0.1) is 6.92 Å². The number of benzene rings is 2. The van der Waals surface area contributed by atoms with Gasteiger partial charge in [-0.05, 0) is 31.5 Å². The van der Waals surface area contributed by atoms with Crippen LogP contribution < -0.4 is 4.90 Å². The summed E-state index contributed by atoms with van der Waals surface area (Å²) in [6.45, 7) is 5.54. The van der Waals surface area contributed by atoms with Crippen LogP contribution in [0.4, 0.5) is 5.13 Å². The molecule has 4 aromatic rings. The molecule has 3 heterocycles. The number of fused-ring (bicyclic) bond motifs is 1. The summed E-state index contributed by atoms with van der Waals surface area (Å²) in [5.41, 5.74) is 2.92. The fraction of sp³-hybridized carbons (Fsp3) is 0.292. The number of hydrogen-bond acceptors (Lipinski definition) is 7. The van der Waals surface area contributed by atoms with Crippen LogP contribution in [0.1, 0.15) is 23.9 Å². The van der Waals surface area contributed by atoms with E-state index in [1.807, 2.05) is 25.1 Å². The van der Waals surface area contributed by atoms with Gasteiger partial charge in [0.15, 0.2) is 0 Å². The first kappa shape index (κ1) is 21.9. The highest BCUT2D eigenvalue weighted by Crippen LogP contribution is 2.29. The molecular weight excluding hydrogens is 454 g/mol. The van der Waals surface area contributed by atoms with Crippen LogP contribution >= 0.6 is 11.5 Å². The van der Waals surface area contributed by atoms with Gasteiger partial charge >= 0.3 is 0 Å². The third kappa shape index (κ3) is 4.36. The molecule has 1 atom stereocenters. The zero-order chi connectivity index (χ0) is 23.0. The molecule has 5 rings (SSSR count). The first-order valence-corrected chi connectivity index (χ1v) is 13.1. The largest absolute Gasteiger partial charge is 0.344 e. The second-order valence-corrected chi connectivity index (χ2v) is 11.0. The highest BCUT2D eigenvalue weighted by Gasteiger charge is 2.35. The second-order valence-electron chi connectivity index (χ2n) is 8.40. The molecule has 0 N–H and O–H groups in total. The van der Waals surface area contributed by atoms with Crippen molar-refractivity contribution in [1.82, 2.24) is 18.6 Å². The molecule has 1 aliphatic heterocycles. The lowest BCUT2D eigenvalue weighted by atomic mass is 10.1. The molecule has 0 spiro atoms. The van der Waals surface area contributed by atoms with Crippen molar-refractivity contribution >= 4 is 37.6 Å². The van der Waals surface area contributed by atoms with Crippen molar-refractivity contribution < 1.29 is 8.42 Å². The van der Waals surface area contributed by atoms with Crippen LogP contribution in [0.3, 0.4) is 0 Å². The quantitative estimate of drug-likeness (QED) is 0.432. The third-order valence-corrected chi connectivity index (χ3v) is 8.82. The Bertz CT molecular complexity index is 1380. The molecule has 9 heteroatoms. The Hall–Kier alpha value is -2.88. The molecule has 1 saturated heterocycles. The maximum Gasteiger partial charge on any atom is 0.245 e. The molecule has 170 valence electrons. The van der Waals surface area contributed by atoms with Crippen molar-refractivity contribution in [3.63, 3.8) is 0 Å². The van der Waals surface area contributed by atoms with Crippen molar-refractivity contribution in [2.24, 2.45) is 0 Å².